The van der Waals surface area contributed by atoms with E-state index >= 15 is 0 Å². The summed E-state index contributed by atoms with van der Waals surface area (Å²) in [5.74, 6) is -0.304. The lowest BCUT2D eigenvalue weighted by atomic mass is 10.1. The molecule has 106 valence electrons. The fourth-order valence-electron chi connectivity index (χ4n) is 2.00. The van der Waals surface area contributed by atoms with Crippen molar-refractivity contribution in [1.29, 1.82) is 0 Å². The molecule has 21 heavy (non-hydrogen) atoms. The highest BCUT2D eigenvalue weighted by Crippen LogP contribution is 2.34. The second-order valence-electron chi connectivity index (χ2n) is 4.49. The molecule has 3 rings (SSSR count). The molecular formula is C15H11ClN2O3. The molecule has 0 bridgehead atoms. The third-order valence-electron chi connectivity index (χ3n) is 3.02. The van der Waals surface area contributed by atoms with Crippen molar-refractivity contribution in [1.82, 2.24) is 9.97 Å². The fraction of sp³-hybridized carbons (Fsp3) is 0. The van der Waals surface area contributed by atoms with Crippen LogP contribution >= 0.6 is 11.6 Å². The lowest BCUT2D eigenvalue weighted by Gasteiger charge is -2.05. The van der Waals surface area contributed by atoms with E-state index in [0.717, 1.165) is 17.1 Å². The quantitative estimate of drug-likeness (QED) is 0.544. The van der Waals surface area contributed by atoms with Crippen molar-refractivity contribution in [3.63, 3.8) is 0 Å². The van der Waals surface area contributed by atoms with Gasteiger partial charge in [-0.05, 0) is 18.2 Å². The predicted molar refractivity (Wildman–Crippen MR) is 81.4 cm³/mol. The molecule has 0 aliphatic rings. The minimum atomic E-state index is -0.276. The highest BCUT2D eigenvalue weighted by Gasteiger charge is 2.11. The van der Waals surface area contributed by atoms with E-state index in [4.69, 9.17) is 11.6 Å². The third-order valence-corrected chi connectivity index (χ3v) is 3.32. The zero-order chi connectivity index (χ0) is 15.0. The summed E-state index contributed by atoms with van der Waals surface area (Å²) in [4.78, 5) is 7.32. The number of hydrogen-bond donors (Lipinski definition) is 4. The summed E-state index contributed by atoms with van der Waals surface area (Å²) in [6.07, 6.45) is 1.38. The minimum Gasteiger partial charge on any atom is -0.507 e. The number of benzene rings is 2. The van der Waals surface area contributed by atoms with Gasteiger partial charge in [0.1, 0.15) is 23.1 Å². The standard InChI is InChI=1S/C15H11ClN2O3/c16-9-5-8(12(19)6-14(9)21)13(20)7-15-17-10-3-1-2-4-11(10)18-15/h1-7,19-21H,(H,17,18). The Bertz CT molecular complexity index is 822. The van der Waals surface area contributed by atoms with E-state index in [1.807, 2.05) is 24.3 Å². The number of aromatic hydroxyl groups is 2. The lowest BCUT2D eigenvalue weighted by molar-refractivity contribution is 0.443. The van der Waals surface area contributed by atoms with Crippen molar-refractivity contribution in [2.45, 2.75) is 0 Å². The van der Waals surface area contributed by atoms with Crippen molar-refractivity contribution in [2.24, 2.45) is 0 Å². The molecule has 0 saturated heterocycles. The number of rotatable bonds is 2. The molecule has 0 aliphatic heterocycles. The maximum absolute atomic E-state index is 10.1. The maximum atomic E-state index is 10.1. The van der Waals surface area contributed by atoms with Crippen LogP contribution in [-0.4, -0.2) is 25.3 Å². The van der Waals surface area contributed by atoms with Gasteiger partial charge in [-0.15, -0.1) is 0 Å². The van der Waals surface area contributed by atoms with Gasteiger partial charge in [0.25, 0.3) is 0 Å². The first-order chi connectivity index (χ1) is 10.0. The Labute approximate surface area is 124 Å². The summed E-state index contributed by atoms with van der Waals surface area (Å²) < 4.78 is 0. The molecule has 1 aromatic heterocycles. The first-order valence-corrected chi connectivity index (χ1v) is 6.49. The van der Waals surface area contributed by atoms with Crippen LogP contribution in [0.4, 0.5) is 0 Å². The maximum Gasteiger partial charge on any atom is 0.137 e. The summed E-state index contributed by atoms with van der Waals surface area (Å²) in [6.45, 7) is 0. The van der Waals surface area contributed by atoms with Gasteiger partial charge in [-0.1, -0.05) is 23.7 Å². The number of aromatic amines is 1. The number of phenols is 2. The molecule has 4 N–H and O–H groups in total. The number of phenolic OH excluding ortho intramolecular Hbond substituents is 2. The second-order valence-corrected chi connectivity index (χ2v) is 4.90. The van der Waals surface area contributed by atoms with Gasteiger partial charge in [0.2, 0.25) is 0 Å². The van der Waals surface area contributed by atoms with Crippen molar-refractivity contribution >= 4 is 34.5 Å². The van der Waals surface area contributed by atoms with Gasteiger partial charge in [0.05, 0.1) is 21.6 Å². The number of fused-ring (bicyclic) bond motifs is 1. The van der Waals surface area contributed by atoms with Crippen molar-refractivity contribution in [2.75, 3.05) is 0 Å². The fourth-order valence-corrected chi connectivity index (χ4v) is 2.17. The molecule has 2 aromatic carbocycles. The van der Waals surface area contributed by atoms with E-state index in [1.54, 1.807) is 0 Å². The zero-order valence-corrected chi connectivity index (χ0v) is 11.5. The molecule has 0 amide bonds. The number of nitrogens with one attached hydrogen (secondary N) is 1. The molecule has 0 fully saturated rings. The van der Waals surface area contributed by atoms with Crippen LogP contribution in [0.1, 0.15) is 11.4 Å². The van der Waals surface area contributed by atoms with Crippen LogP contribution < -0.4 is 0 Å². The van der Waals surface area contributed by atoms with Gasteiger partial charge >= 0.3 is 0 Å². The summed E-state index contributed by atoms with van der Waals surface area (Å²) >= 11 is 5.77. The molecule has 1 heterocycles. The van der Waals surface area contributed by atoms with Crippen LogP contribution in [0, 0.1) is 0 Å². The Morgan fingerprint density at radius 2 is 1.90 bits per heavy atom. The molecule has 0 radical (unpaired) electrons. The van der Waals surface area contributed by atoms with Crippen LogP contribution in [0.3, 0.4) is 0 Å². The molecule has 5 nitrogen and oxygen atoms in total. The minimum absolute atomic E-state index is 0.0346. The van der Waals surface area contributed by atoms with Gasteiger partial charge in [0, 0.05) is 12.1 Å². The molecular weight excluding hydrogens is 292 g/mol. The van der Waals surface area contributed by atoms with Crippen LogP contribution in [-0.2, 0) is 0 Å². The zero-order valence-electron chi connectivity index (χ0n) is 10.7. The van der Waals surface area contributed by atoms with E-state index in [0.29, 0.717) is 5.82 Å². The Kier molecular flexibility index (Phi) is 3.19. The smallest absolute Gasteiger partial charge is 0.137 e. The molecule has 0 spiro atoms. The third kappa shape index (κ3) is 2.51. The van der Waals surface area contributed by atoms with Gasteiger partial charge in [-0.2, -0.15) is 0 Å². The number of nitrogens with zero attached hydrogens (tertiary/aromatic N) is 1. The van der Waals surface area contributed by atoms with Crippen LogP contribution in [0.15, 0.2) is 36.4 Å². The number of halogens is 1. The highest BCUT2D eigenvalue weighted by molar-refractivity contribution is 6.32. The molecule has 0 unspecified atom stereocenters. The molecule has 0 atom stereocenters. The second kappa shape index (κ2) is 5.03. The first kappa shape index (κ1) is 13.3. The van der Waals surface area contributed by atoms with Gasteiger partial charge < -0.3 is 20.3 Å². The Morgan fingerprint density at radius 3 is 2.67 bits per heavy atom. The first-order valence-electron chi connectivity index (χ1n) is 6.12. The lowest BCUT2D eigenvalue weighted by Crippen LogP contribution is -1.86. The van der Waals surface area contributed by atoms with E-state index in [9.17, 15) is 15.3 Å². The highest BCUT2D eigenvalue weighted by atomic mass is 35.5. The summed E-state index contributed by atoms with van der Waals surface area (Å²) in [5.41, 5.74) is 1.72. The van der Waals surface area contributed by atoms with Gasteiger partial charge in [-0.25, -0.2) is 4.98 Å². The Hall–Kier alpha value is -2.66. The van der Waals surface area contributed by atoms with Crippen LogP contribution in [0.25, 0.3) is 22.9 Å². The number of imidazole rings is 1. The van der Waals surface area contributed by atoms with Gasteiger partial charge in [0.15, 0.2) is 0 Å². The van der Waals surface area contributed by atoms with E-state index < -0.39 is 0 Å². The Morgan fingerprint density at radius 1 is 1.14 bits per heavy atom. The summed E-state index contributed by atoms with van der Waals surface area (Å²) in [7, 11) is 0. The van der Waals surface area contributed by atoms with Crippen molar-refractivity contribution < 1.29 is 15.3 Å². The summed E-state index contributed by atoms with van der Waals surface area (Å²) in [5, 5.41) is 29.3. The van der Waals surface area contributed by atoms with Crippen LogP contribution in [0.5, 0.6) is 11.5 Å². The molecule has 0 saturated carbocycles. The number of hydrogen-bond acceptors (Lipinski definition) is 4. The van der Waals surface area contributed by atoms with E-state index in [-0.39, 0.29) is 27.8 Å². The van der Waals surface area contributed by atoms with Crippen LogP contribution in [0.2, 0.25) is 5.02 Å². The van der Waals surface area contributed by atoms with Gasteiger partial charge in [-0.3, -0.25) is 0 Å². The Balaban J connectivity index is 2.04. The molecule has 6 heteroatoms. The molecule has 3 aromatic rings. The predicted octanol–water partition coefficient (Wildman–Crippen LogP) is 3.68. The summed E-state index contributed by atoms with van der Waals surface area (Å²) in [6, 6.07) is 9.79. The van der Waals surface area contributed by atoms with E-state index in [1.165, 1.54) is 12.1 Å². The number of aliphatic hydroxyl groups excluding tert-OH is 1. The number of para-hydroxylation sites is 2. The molecule has 0 aliphatic carbocycles. The van der Waals surface area contributed by atoms with E-state index in [2.05, 4.69) is 9.97 Å². The number of aromatic nitrogens is 2. The topological polar surface area (TPSA) is 89.4 Å². The SMILES string of the molecule is OC(=Cc1nc2ccccc2[nH]1)c1cc(Cl)c(O)cc1O. The van der Waals surface area contributed by atoms with Crippen molar-refractivity contribution in [3.8, 4) is 11.5 Å². The monoisotopic (exact) mass is 302 g/mol. The number of aliphatic hydroxyl groups is 1. The normalized spacial score (nSPS) is 12.0. The average molecular weight is 303 g/mol. The largest absolute Gasteiger partial charge is 0.507 e. The average Bonchev–Trinajstić information content (AvgIpc) is 2.84. The number of H-pyrrole nitrogens is 1. The van der Waals surface area contributed by atoms with Crippen molar-refractivity contribution in [3.05, 3.63) is 52.8 Å².